The van der Waals surface area contributed by atoms with E-state index in [9.17, 15) is 37.5 Å². The average Bonchev–Trinajstić information content (AvgIpc) is 1.74. The molecular weight excluding hydrogens is 1950 g/mol. The summed E-state index contributed by atoms with van der Waals surface area (Å²) in [6.07, 6.45) is 7.63. The highest BCUT2D eigenvalue weighted by atomic mass is 127. The molecule has 0 aliphatic heterocycles. The molecule has 1 fully saturated rings. The van der Waals surface area contributed by atoms with Crippen LogP contribution in [-0.4, -0.2) is 102 Å². The Morgan fingerprint density at radius 2 is 0.674 bits per heavy atom. The molecule has 22 rings (SSSR count). The van der Waals surface area contributed by atoms with Crippen LogP contribution in [0.15, 0.2) is 257 Å². The third kappa shape index (κ3) is 16.7. The molecule has 0 bridgehead atoms. The normalized spacial score (nSPS) is 11.9. The summed E-state index contributed by atoms with van der Waals surface area (Å²) in [6.45, 7) is 10.3. The van der Waals surface area contributed by atoms with Gasteiger partial charge in [-0.3, -0.25) is 37.4 Å². The number of aromatic hydroxyl groups is 1. The largest absolute Gasteiger partial charge is 0.508 e. The molecule has 1 saturated carbocycles. The number of fused-ring (bicyclic) bond motifs is 8. The second kappa shape index (κ2) is 36.1. The van der Waals surface area contributed by atoms with E-state index in [1.54, 1.807) is 67.1 Å². The van der Waals surface area contributed by atoms with E-state index >= 15 is 4.39 Å². The van der Waals surface area contributed by atoms with Gasteiger partial charge in [-0.25, -0.2) is 76.2 Å². The highest BCUT2D eigenvalue weighted by Crippen LogP contribution is 2.37. The number of nitrogen functional groups attached to an aromatic ring is 4. The van der Waals surface area contributed by atoms with Gasteiger partial charge < -0.3 is 28.0 Å². The Morgan fingerprint density at radius 3 is 1.04 bits per heavy atom. The summed E-state index contributed by atoms with van der Waals surface area (Å²) in [7, 11) is 0. The van der Waals surface area contributed by atoms with Gasteiger partial charge in [0.2, 0.25) is 0 Å². The Labute approximate surface area is 790 Å². The van der Waals surface area contributed by atoms with Gasteiger partial charge in [-0.05, 0) is 227 Å². The first-order valence-electron chi connectivity index (χ1n) is 42.3. The van der Waals surface area contributed by atoms with Crippen molar-refractivity contribution in [3.05, 3.63) is 366 Å². The summed E-state index contributed by atoms with van der Waals surface area (Å²) in [6, 6.07) is 60.3. The Bertz CT molecular complexity index is 8540. The van der Waals surface area contributed by atoms with Crippen LogP contribution in [0.1, 0.15) is 69.1 Å². The predicted molar refractivity (Wildman–Crippen MR) is 529 cm³/mol. The zero-order valence-electron chi connectivity index (χ0n) is 72.4. The Kier molecular flexibility index (Phi) is 23.6. The van der Waals surface area contributed by atoms with Crippen molar-refractivity contribution in [1.29, 1.82) is 0 Å². The number of halogens is 6. The number of aromatic nitrogens is 20. The quantitative estimate of drug-likeness (QED) is 0.0406. The van der Waals surface area contributed by atoms with Gasteiger partial charge in [0.15, 0.2) is 22.6 Å². The zero-order chi connectivity index (χ0) is 94.1. The van der Waals surface area contributed by atoms with Crippen LogP contribution in [0.3, 0.4) is 0 Å². The standard InChI is InChI=1S/C28H20F2N6O2.C27H21FN6O.C23H19IN6O.C22H16FIN6O/c1-15-5-4-6-16-10-19(36(28(38)23(15)16)22-8-3-2-7-21(22)30)13-35-27-24(26(31)32-14-33-27)25(34-35)17-9-18(29)12-20(37)11-17;1-16-5-4-6-18-13-19(34(27(35)23(16)18)22-8-3-2-7-20(22)28)14-33-26-24(25(29)30-15-31-26)21(32-33)12-11-17-9-10-17;1-13-6-3-4-9-17(13)30-16(10-15-8-5-7-14(2)18(15)23(30)31)11-29-22-19(20(24)28-29)21(25)26-12-27-22;1-12-5-4-6-13-9-14(10-29-21-18(19(24)28-29)20(25)26-11-27-21)30(22(31)17(12)13)16-8-3-2-7-15(16)23/h2-12,14,37H,13H2,1H3,(H2,31,32,33);2-8,13,15,17H,9-10,14H2,1H3,(H2,29,30,31);3-10,12H,11H2,1-2H3,(H2,25,26,27);2-9,11H,10H2,1H3,(H2,25,26,27). The fourth-order valence-corrected chi connectivity index (χ4v) is 18.6. The number of hydrogen-bond acceptors (Lipinski definition) is 21. The Balaban J connectivity index is 0.000000116. The van der Waals surface area contributed by atoms with E-state index in [1.165, 1.54) is 80.1 Å². The SMILES string of the molecule is Cc1cccc2cc(Cn3nc(-c4cc(O)cc(F)c4)c4c(N)ncnc43)n(-c3ccccc3F)c(=O)c12.Cc1cccc2cc(Cn3nc(C#CC4CC4)c4c(N)ncnc43)n(-c3ccccc3F)c(=O)c12.Cc1cccc2cc(Cn3nc(I)c4c(N)ncnc43)n(-c3ccccc3F)c(=O)c12.Cc1ccccc1-n1c(Cn2nc(I)c3c(N)ncnc32)cc2cccc(C)c2c1=O. The molecule has 0 atom stereocenters. The number of nitrogens with zero attached hydrogens (tertiary/aromatic N) is 20. The van der Waals surface area contributed by atoms with Gasteiger partial charge in [0, 0.05) is 40.3 Å². The van der Waals surface area contributed by atoms with E-state index in [-0.39, 0.29) is 81.8 Å². The predicted octanol–water partition coefficient (Wildman–Crippen LogP) is 16.5. The van der Waals surface area contributed by atoms with Gasteiger partial charge in [0.1, 0.15) is 96.4 Å². The van der Waals surface area contributed by atoms with Crippen molar-refractivity contribution in [1.82, 2.24) is 97.3 Å². The molecule has 12 aromatic heterocycles. The number of nitrogens with two attached hydrogens (primary N) is 4. The highest BCUT2D eigenvalue weighted by molar-refractivity contribution is 14.1. The molecule has 0 spiro atoms. The maximum Gasteiger partial charge on any atom is 0.263 e. The van der Waals surface area contributed by atoms with Crippen molar-refractivity contribution in [2.24, 2.45) is 5.92 Å². The number of phenolic OH excluding ortho intramolecular Hbond substituents is 1. The number of benzene rings is 9. The third-order valence-electron chi connectivity index (χ3n) is 23.5. The molecular formula is C100H76F4I2N24O5. The average molecular weight is 2020 g/mol. The van der Waals surface area contributed by atoms with E-state index in [0.29, 0.717) is 117 Å². The summed E-state index contributed by atoms with van der Waals surface area (Å²) < 4.78 is 72.7. The van der Waals surface area contributed by atoms with Gasteiger partial charge in [0.25, 0.3) is 22.2 Å². The third-order valence-corrected chi connectivity index (χ3v) is 25.0. The van der Waals surface area contributed by atoms with Crippen LogP contribution < -0.4 is 45.2 Å². The Hall–Kier alpha value is -16.2. The number of aryl methyl sites for hydroxylation is 5. The van der Waals surface area contributed by atoms with E-state index in [4.69, 9.17) is 22.9 Å². The molecule has 0 saturated heterocycles. The van der Waals surface area contributed by atoms with Crippen molar-refractivity contribution >= 4 is 156 Å². The van der Waals surface area contributed by atoms with E-state index in [0.717, 1.165) is 88.7 Å². The molecule has 21 aromatic rings. The van der Waals surface area contributed by atoms with Crippen LogP contribution >= 0.6 is 45.2 Å². The number of rotatable bonds is 13. The van der Waals surface area contributed by atoms with Crippen LogP contribution in [0, 0.1) is 83.0 Å². The summed E-state index contributed by atoms with van der Waals surface area (Å²) in [5.41, 5.74) is 34.6. The molecule has 35 heteroatoms. The first-order chi connectivity index (χ1) is 65.2. The molecule has 12 heterocycles. The van der Waals surface area contributed by atoms with Crippen LogP contribution in [0.5, 0.6) is 5.75 Å². The molecule has 0 amide bonds. The molecule has 135 heavy (non-hydrogen) atoms. The van der Waals surface area contributed by atoms with Gasteiger partial charge in [-0.15, -0.1) is 0 Å². The van der Waals surface area contributed by atoms with Crippen molar-refractivity contribution < 1.29 is 22.7 Å². The minimum atomic E-state index is -0.656. The topological polar surface area (TPSA) is 387 Å². The fourth-order valence-electron chi connectivity index (χ4n) is 17.1. The van der Waals surface area contributed by atoms with E-state index < -0.39 is 23.3 Å². The van der Waals surface area contributed by atoms with Crippen molar-refractivity contribution in [2.45, 2.75) is 73.6 Å². The number of pyridine rings is 4. The van der Waals surface area contributed by atoms with Crippen molar-refractivity contribution in [3.63, 3.8) is 0 Å². The lowest BCUT2D eigenvalue weighted by molar-refractivity contribution is 0.469. The second-order valence-corrected chi connectivity index (χ2v) is 34.4. The summed E-state index contributed by atoms with van der Waals surface area (Å²) in [5.74, 6) is 5.40. The molecule has 29 nitrogen and oxygen atoms in total. The lowest BCUT2D eigenvalue weighted by Crippen LogP contribution is -2.25. The molecule has 0 radical (unpaired) electrons. The monoisotopic (exact) mass is 2020 g/mol. The molecule has 668 valence electrons. The summed E-state index contributed by atoms with van der Waals surface area (Å²) in [5, 5.41) is 36.2. The maximum absolute atomic E-state index is 15.0. The lowest BCUT2D eigenvalue weighted by atomic mass is 10.1. The number of phenols is 1. The van der Waals surface area contributed by atoms with Crippen LogP contribution in [-0.2, 0) is 26.2 Å². The smallest absolute Gasteiger partial charge is 0.263 e. The van der Waals surface area contributed by atoms with Crippen molar-refractivity contribution in [3.8, 4) is 51.6 Å². The molecule has 0 unspecified atom stereocenters. The zero-order valence-corrected chi connectivity index (χ0v) is 76.8. The van der Waals surface area contributed by atoms with Crippen LogP contribution in [0.2, 0.25) is 0 Å². The minimum absolute atomic E-state index is 0.00169. The molecule has 9 aromatic carbocycles. The van der Waals surface area contributed by atoms with Gasteiger partial charge >= 0.3 is 0 Å². The van der Waals surface area contributed by atoms with E-state index in [1.807, 2.05) is 150 Å². The fraction of sp³-hybridized carbons (Fsp3) is 0.120. The lowest BCUT2D eigenvalue weighted by Gasteiger charge is -2.17. The minimum Gasteiger partial charge on any atom is -0.508 e. The maximum atomic E-state index is 15.0. The van der Waals surface area contributed by atoms with Crippen LogP contribution in [0.4, 0.5) is 40.8 Å². The number of anilines is 4. The molecule has 9 N–H and O–H groups in total. The second-order valence-electron chi connectivity index (χ2n) is 32.4. The first-order valence-corrected chi connectivity index (χ1v) is 44.5. The van der Waals surface area contributed by atoms with Gasteiger partial charge in [-0.2, -0.15) is 20.4 Å². The van der Waals surface area contributed by atoms with Crippen molar-refractivity contribution in [2.75, 3.05) is 22.9 Å². The summed E-state index contributed by atoms with van der Waals surface area (Å²) in [4.78, 5) is 88.5. The van der Waals surface area contributed by atoms with Gasteiger partial charge in [0.05, 0.1) is 92.0 Å². The summed E-state index contributed by atoms with van der Waals surface area (Å²) >= 11 is 4.22. The first kappa shape index (κ1) is 88.1. The number of para-hydroxylation sites is 4. The molecule has 1 aliphatic carbocycles. The highest BCUT2D eigenvalue weighted by Gasteiger charge is 2.28. The Morgan fingerprint density at radius 1 is 0.356 bits per heavy atom. The number of hydrogen-bond donors (Lipinski definition) is 5. The van der Waals surface area contributed by atoms with Crippen LogP contribution in [0.25, 0.3) is 121 Å². The van der Waals surface area contributed by atoms with Gasteiger partial charge in [-0.1, -0.05) is 133 Å². The van der Waals surface area contributed by atoms with E-state index in [2.05, 4.69) is 123 Å². The molecule has 1 aliphatic rings.